The van der Waals surface area contributed by atoms with Gasteiger partial charge in [0, 0.05) is 30.7 Å². The van der Waals surface area contributed by atoms with E-state index in [-0.39, 0.29) is 12.1 Å². The van der Waals surface area contributed by atoms with Crippen molar-refractivity contribution in [2.75, 3.05) is 11.9 Å². The van der Waals surface area contributed by atoms with Crippen LogP contribution >= 0.6 is 0 Å². The summed E-state index contributed by atoms with van der Waals surface area (Å²) < 4.78 is 5.59. The van der Waals surface area contributed by atoms with E-state index in [2.05, 4.69) is 22.2 Å². The van der Waals surface area contributed by atoms with Gasteiger partial charge < -0.3 is 15.0 Å². The van der Waals surface area contributed by atoms with Crippen molar-refractivity contribution in [1.29, 1.82) is 0 Å². The first kappa shape index (κ1) is 19.8. The first-order valence-electron chi connectivity index (χ1n) is 9.61. The molecule has 7 heteroatoms. The van der Waals surface area contributed by atoms with Crippen LogP contribution < -0.4 is 10.1 Å². The normalized spacial score (nSPS) is 19.6. The third-order valence-corrected chi connectivity index (χ3v) is 5.01. The van der Waals surface area contributed by atoms with Crippen LogP contribution in [0.3, 0.4) is 0 Å². The van der Waals surface area contributed by atoms with Crippen LogP contribution in [0.2, 0.25) is 0 Å². The van der Waals surface area contributed by atoms with E-state index in [1.165, 1.54) is 0 Å². The Kier molecular flexibility index (Phi) is 6.23. The van der Waals surface area contributed by atoms with Crippen LogP contribution in [-0.2, 0) is 9.59 Å². The molecule has 0 spiro atoms. The Bertz CT molecular complexity index is 841. The number of hydrogen-bond donors (Lipinski definition) is 1. The average molecular weight is 382 g/mol. The summed E-state index contributed by atoms with van der Waals surface area (Å²) >= 11 is 0. The first-order valence-corrected chi connectivity index (χ1v) is 9.61. The predicted octanol–water partition coefficient (Wildman–Crippen LogP) is 3.55. The second kappa shape index (κ2) is 8.82. The summed E-state index contributed by atoms with van der Waals surface area (Å²) in [5.74, 6) is -0.120. The Labute approximate surface area is 165 Å². The highest BCUT2D eigenvalue weighted by atomic mass is 16.5. The summed E-state index contributed by atoms with van der Waals surface area (Å²) in [6.07, 6.45) is 6.29. The smallest absolute Gasteiger partial charge is 0.321 e. The average Bonchev–Trinajstić information content (AvgIpc) is 2.84. The van der Waals surface area contributed by atoms with Gasteiger partial charge in [0.25, 0.3) is 0 Å². The van der Waals surface area contributed by atoms with E-state index in [1.54, 1.807) is 41.6 Å². The summed E-state index contributed by atoms with van der Waals surface area (Å²) in [4.78, 5) is 35.0. The molecule has 1 aliphatic heterocycles. The van der Waals surface area contributed by atoms with Gasteiger partial charge in [0.15, 0.2) is 0 Å². The lowest BCUT2D eigenvalue weighted by Crippen LogP contribution is -2.45. The van der Waals surface area contributed by atoms with Crippen molar-refractivity contribution in [1.82, 2.24) is 14.9 Å². The third-order valence-electron chi connectivity index (χ3n) is 5.01. The zero-order valence-corrected chi connectivity index (χ0v) is 16.5. The number of ether oxygens (including phenoxy) is 1. The molecule has 0 unspecified atom stereocenters. The fraction of sp³-hybridized carbons (Fsp3) is 0.429. The molecule has 1 aliphatic rings. The van der Waals surface area contributed by atoms with Gasteiger partial charge in [-0.15, -0.1) is 0 Å². The highest BCUT2D eigenvalue weighted by Crippen LogP contribution is 2.25. The number of aromatic nitrogens is 2. The lowest BCUT2D eigenvalue weighted by atomic mass is 10.1. The van der Waals surface area contributed by atoms with E-state index in [4.69, 9.17) is 4.74 Å². The zero-order chi connectivity index (χ0) is 20.1. The fourth-order valence-corrected chi connectivity index (χ4v) is 3.40. The second-order valence-corrected chi connectivity index (χ2v) is 7.41. The minimum Gasteiger partial charge on any atom is -0.424 e. The molecule has 1 fully saturated rings. The Balaban J connectivity index is 1.67. The van der Waals surface area contributed by atoms with Gasteiger partial charge in [-0.05, 0) is 62.4 Å². The molecule has 0 radical (unpaired) electrons. The van der Waals surface area contributed by atoms with Crippen molar-refractivity contribution in [3.05, 3.63) is 42.2 Å². The third kappa shape index (κ3) is 4.85. The van der Waals surface area contributed by atoms with Crippen LogP contribution in [0.4, 0.5) is 5.69 Å². The van der Waals surface area contributed by atoms with E-state index in [1.807, 2.05) is 13.8 Å². The monoisotopic (exact) mass is 382 g/mol. The molecule has 1 aromatic carbocycles. The zero-order valence-electron chi connectivity index (χ0n) is 16.5. The molecular weight excluding hydrogens is 356 g/mol. The number of likely N-dealkylation sites (tertiary alicyclic amines) is 1. The lowest BCUT2D eigenvalue weighted by molar-refractivity contribution is -0.144. The first-order chi connectivity index (χ1) is 13.4. The predicted molar refractivity (Wildman–Crippen MR) is 106 cm³/mol. The van der Waals surface area contributed by atoms with Crippen LogP contribution in [0, 0.1) is 12.8 Å². The summed E-state index contributed by atoms with van der Waals surface area (Å²) in [6.45, 7) is 6.59. The Morgan fingerprint density at radius 2 is 1.93 bits per heavy atom. The number of nitrogens with zero attached hydrogens (tertiary/aromatic N) is 3. The molecule has 3 rings (SSSR count). The number of rotatable bonds is 3. The van der Waals surface area contributed by atoms with Gasteiger partial charge in [0.2, 0.25) is 0 Å². The van der Waals surface area contributed by atoms with Crippen LogP contribution in [0.25, 0.3) is 0 Å². The molecule has 2 heterocycles. The Morgan fingerprint density at radius 1 is 1.18 bits per heavy atom. The number of carbonyl (C=O) groups excluding carboxylic acids is 2. The molecule has 1 aromatic heterocycles. The molecule has 0 saturated carbocycles. The Hall–Kier alpha value is -2.96. The van der Waals surface area contributed by atoms with Crippen molar-refractivity contribution in [3.63, 3.8) is 0 Å². The number of benzene rings is 1. The standard InChI is InChI=1S/C21H26N4O3/c1-14-6-4-7-16(3)25(13-14)20(27)19(26)24-18-9-8-17(12-15(18)2)28-21-22-10-5-11-23-21/h5,8-12,14,16H,4,6-7,13H2,1-3H3,(H,24,26)/t14-,16-/m1/s1. The summed E-state index contributed by atoms with van der Waals surface area (Å²) in [5, 5.41) is 2.74. The van der Waals surface area contributed by atoms with E-state index in [0.29, 0.717) is 23.9 Å². The molecule has 2 atom stereocenters. The second-order valence-electron chi connectivity index (χ2n) is 7.41. The van der Waals surface area contributed by atoms with Gasteiger partial charge in [-0.1, -0.05) is 13.3 Å². The summed E-state index contributed by atoms with van der Waals surface area (Å²) in [7, 11) is 0. The number of anilines is 1. The maximum Gasteiger partial charge on any atom is 0.321 e. The molecule has 0 bridgehead atoms. The molecule has 0 aliphatic carbocycles. The number of amides is 2. The number of aryl methyl sites for hydroxylation is 1. The summed E-state index contributed by atoms with van der Waals surface area (Å²) in [5.41, 5.74) is 1.36. The van der Waals surface area contributed by atoms with Crippen LogP contribution in [0.1, 0.15) is 38.7 Å². The minimum absolute atomic E-state index is 0.0749. The number of hydrogen-bond acceptors (Lipinski definition) is 5. The van der Waals surface area contributed by atoms with Gasteiger partial charge in [-0.3, -0.25) is 9.59 Å². The van der Waals surface area contributed by atoms with Gasteiger partial charge in [-0.2, -0.15) is 0 Å². The minimum atomic E-state index is -0.607. The molecule has 1 saturated heterocycles. The van der Waals surface area contributed by atoms with Crippen LogP contribution in [0.15, 0.2) is 36.7 Å². The fourth-order valence-electron chi connectivity index (χ4n) is 3.40. The molecule has 148 valence electrons. The van der Waals surface area contributed by atoms with Crippen molar-refractivity contribution in [2.24, 2.45) is 5.92 Å². The van der Waals surface area contributed by atoms with Crippen molar-refractivity contribution < 1.29 is 14.3 Å². The van der Waals surface area contributed by atoms with Gasteiger partial charge in [-0.25, -0.2) is 9.97 Å². The van der Waals surface area contributed by atoms with Crippen molar-refractivity contribution in [3.8, 4) is 11.8 Å². The largest absolute Gasteiger partial charge is 0.424 e. The number of carbonyl (C=O) groups is 2. The van der Waals surface area contributed by atoms with E-state index in [0.717, 1.165) is 24.8 Å². The molecule has 7 nitrogen and oxygen atoms in total. The summed E-state index contributed by atoms with van der Waals surface area (Å²) in [6, 6.07) is 7.23. The van der Waals surface area contributed by atoms with E-state index >= 15 is 0 Å². The molecule has 28 heavy (non-hydrogen) atoms. The molecule has 2 amide bonds. The highest BCUT2D eigenvalue weighted by Gasteiger charge is 2.29. The maximum absolute atomic E-state index is 12.7. The van der Waals surface area contributed by atoms with Gasteiger partial charge >= 0.3 is 17.8 Å². The van der Waals surface area contributed by atoms with Crippen molar-refractivity contribution in [2.45, 2.75) is 46.1 Å². The highest BCUT2D eigenvalue weighted by molar-refractivity contribution is 6.39. The van der Waals surface area contributed by atoms with Gasteiger partial charge in [0.05, 0.1) is 0 Å². The molecule has 1 N–H and O–H groups in total. The lowest BCUT2D eigenvalue weighted by Gasteiger charge is -2.28. The SMILES string of the molecule is Cc1cc(Oc2ncccn2)ccc1NC(=O)C(=O)N1C[C@H](C)CCC[C@H]1C. The van der Waals surface area contributed by atoms with Crippen LogP contribution in [-0.4, -0.2) is 39.3 Å². The number of nitrogens with one attached hydrogen (secondary N) is 1. The van der Waals surface area contributed by atoms with E-state index in [9.17, 15) is 9.59 Å². The Morgan fingerprint density at radius 3 is 2.64 bits per heavy atom. The quantitative estimate of drug-likeness (QED) is 0.821. The molecular formula is C21H26N4O3. The van der Waals surface area contributed by atoms with Crippen LogP contribution in [0.5, 0.6) is 11.8 Å². The topological polar surface area (TPSA) is 84.4 Å². The van der Waals surface area contributed by atoms with Crippen molar-refractivity contribution >= 4 is 17.5 Å². The molecule has 2 aromatic rings. The van der Waals surface area contributed by atoms with E-state index < -0.39 is 11.8 Å². The maximum atomic E-state index is 12.7. The van der Waals surface area contributed by atoms with Gasteiger partial charge in [0.1, 0.15) is 5.75 Å².